The first-order valence-corrected chi connectivity index (χ1v) is 10.00. The van der Waals surface area contributed by atoms with E-state index in [-0.39, 0.29) is 18.0 Å². The average Bonchev–Trinajstić information content (AvgIpc) is 3.24. The number of nitrogens with zero attached hydrogens (tertiary/aromatic N) is 4. The molecule has 2 atom stereocenters. The van der Waals surface area contributed by atoms with Crippen molar-refractivity contribution in [3.05, 3.63) is 63.6 Å². The van der Waals surface area contributed by atoms with E-state index in [1.54, 1.807) is 17.5 Å². The molecule has 3 heterocycles. The van der Waals surface area contributed by atoms with Gasteiger partial charge in [-0.15, -0.1) is 0 Å². The van der Waals surface area contributed by atoms with Gasteiger partial charge in [0.25, 0.3) is 0 Å². The van der Waals surface area contributed by atoms with E-state index < -0.39 is 0 Å². The van der Waals surface area contributed by atoms with Crippen molar-refractivity contribution in [3.63, 3.8) is 0 Å². The number of rotatable bonds is 7. The maximum atomic E-state index is 12.8. The second-order valence-corrected chi connectivity index (χ2v) is 7.65. The third kappa shape index (κ3) is 4.80. The number of carbonyl (C=O) groups is 1. The molecule has 0 aromatic carbocycles. The highest BCUT2D eigenvalue weighted by molar-refractivity contribution is 7.07. The summed E-state index contributed by atoms with van der Waals surface area (Å²) in [5, 5.41) is 11.7. The minimum Gasteiger partial charge on any atom is -0.347 e. The Balaban J connectivity index is 1.74. The molecule has 3 aromatic heterocycles. The van der Waals surface area contributed by atoms with Crippen molar-refractivity contribution in [2.24, 2.45) is 0 Å². The van der Waals surface area contributed by atoms with E-state index in [4.69, 9.17) is 0 Å². The summed E-state index contributed by atoms with van der Waals surface area (Å²) in [6.45, 7) is 7.78. The molecule has 0 spiro atoms. The summed E-state index contributed by atoms with van der Waals surface area (Å²) in [4.78, 5) is 21.6. The lowest BCUT2D eigenvalue weighted by Gasteiger charge is -2.21. The van der Waals surface area contributed by atoms with Crippen LogP contribution in [0.15, 0.2) is 35.2 Å². The van der Waals surface area contributed by atoms with E-state index in [0.717, 1.165) is 29.3 Å². The number of pyridine rings is 1. The minimum atomic E-state index is -0.154. The van der Waals surface area contributed by atoms with Crippen molar-refractivity contribution >= 4 is 17.2 Å². The fourth-order valence-corrected chi connectivity index (χ4v) is 3.97. The van der Waals surface area contributed by atoms with E-state index in [1.807, 2.05) is 44.5 Å². The quantitative estimate of drug-likeness (QED) is 0.675. The second-order valence-electron chi connectivity index (χ2n) is 6.87. The lowest BCUT2D eigenvalue weighted by molar-refractivity contribution is -0.122. The van der Waals surface area contributed by atoms with E-state index in [0.29, 0.717) is 6.42 Å². The predicted molar refractivity (Wildman–Crippen MR) is 107 cm³/mol. The van der Waals surface area contributed by atoms with Gasteiger partial charge in [-0.1, -0.05) is 6.07 Å². The summed E-state index contributed by atoms with van der Waals surface area (Å²) < 4.78 is 1.81. The first kappa shape index (κ1) is 19.2. The summed E-state index contributed by atoms with van der Waals surface area (Å²) in [7, 11) is 0. The molecule has 3 rings (SSSR count). The lowest BCUT2D eigenvalue weighted by atomic mass is 10.0. The molecule has 7 heteroatoms. The number of thiophene rings is 1. The third-order valence-electron chi connectivity index (χ3n) is 4.54. The number of hydrogen-bond donors (Lipinski definition) is 1. The van der Waals surface area contributed by atoms with Crippen LogP contribution < -0.4 is 5.32 Å². The Bertz CT molecular complexity index is 903. The smallest absolute Gasteiger partial charge is 0.222 e. The Morgan fingerprint density at radius 2 is 2.11 bits per heavy atom. The van der Waals surface area contributed by atoms with E-state index in [9.17, 15) is 4.79 Å². The number of hydrogen-bond acceptors (Lipinski definition) is 5. The number of amides is 1. The Morgan fingerprint density at radius 3 is 2.74 bits per heavy atom. The van der Waals surface area contributed by atoms with Crippen molar-refractivity contribution in [1.82, 2.24) is 25.1 Å². The highest BCUT2D eigenvalue weighted by Gasteiger charge is 2.21. The molecule has 27 heavy (non-hydrogen) atoms. The summed E-state index contributed by atoms with van der Waals surface area (Å²) >= 11 is 1.66. The van der Waals surface area contributed by atoms with Crippen LogP contribution in [0.2, 0.25) is 0 Å². The van der Waals surface area contributed by atoms with Crippen LogP contribution in [0.25, 0.3) is 0 Å². The van der Waals surface area contributed by atoms with Gasteiger partial charge in [0.2, 0.25) is 5.91 Å². The minimum absolute atomic E-state index is 0.0136. The largest absolute Gasteiger partial charge is 0.347 e. The fourth-order valence-electron chi connectivity index (χ4n) is 3.28. The van der Waals surface area contributed by atoms with Gasteiger partial charge < -0.3 is 5.32 Å². The molecule has 1 N–H and O–H groups in total. The molecule has 0 unspecified atom stereocenters. The van der Waals surface area contributed by atoms with Crippen LogP contribution in [-0.2, 0) is 11.2 Å². The Hall–Kier alpha value is -2.54. The topological polar surface area (TPSA) is 72.7 Å². The zero-order valence-corrected chi connectivity index (χ0v) is 17.0. The van der Waals surface area contributed by atoms with Crippen LogP contribution in [0.5, 0.6) is 0 Å². The monoisotopic (exact) mass is 383 g/mol. The van der Waals surface area contributed by atoms with Crippen LogP contribution in [0.4, 0.5) is 0 Å². The van der Waals surface area contributed by atoms with Gasteiger partial charge in [-0.3, -0.25) is 9.78 Å². The van der Waals surface area contributed by atoms with Crippen molar-refractivity contribution < 1.29 is 4.79 Å². The molecule has 0 aliphatic heterocycles. The summed E-state index contributed by atoms with van der Waals surface area (Å²) in [6.07, 6.45) is 2.85. The molecule has 0 radical (unpaired) electrons. The lowest BCUT2D eigenvalue weighted by Crippen LogP contribution is -2.32. The molecule has 0 saturated heterocycles. The van der Waals surface area contributed by atoms with Crippen molar-refractivity contribution in [2.45, 2.75) is 52.6 Å². The van der Waals surface area contributed by atoms with Gasteiger partial charge in [0.15, 0.2) is 0 Å². The molecular weight excluding hydrogens is 358 g/mol. The van der Waals surface area contributed by atoms with E-state index in [2.05, 4.69) is 37.2 Å². The van der Waals surface area contributed by atoms with Gasteiger partial charge in [0, 0.05) is 12.6 Å². The zero-order chi connectivity index (χ0) is 19.4. The Labute approximate surface area is 163 Å². The summed E-state index contributed by atoms with van der Waals surface area (Å²) in [5.74, 6) is 1.53. The third-order valence-corrected chi connectivity index (χ3v) is 5.27. The average molecular weight is 384 g/mol. The Kier molecular flexibility index (Phi) is 6.01. The van der Waals surface area contributed by atoms with Crippen molar-refractivity contribution in [2.75, 3.05) is 0 Å². The van der Waals surface area contributed by atoms with Crippen LogP contribution >= 0.6 is 11.3 Å². The van der Waals surface area contributed by atoms with Crippen molar-refractivity contribution in [1.29, 1.82) is 0 Å². The molecular formula is C20H25N5OS. The fraction of sp³-hybridized carbons (Fsp3) is 0.400. The van der Waals surface area contributed by atoms with Gasteiger partial charge in [0.05, 0.1) is 17.8 Å². The van der Waals surface area contributed by atoms with Crippen LogP contribution in [0.3, 0.4) is 0 Å². The highest BCUT2D eigenvalue weighted by Crippen LogP contribution is 2.22. The molecule has 0 fully saturated rings. The molecule has 0 aliphatic carbocycles. The van der Waals surface area contributed by atoms with Gasteiger partial charge >= 0.3 is 0 Å². The maximum Gasteiger partial charge on any atom is 0.222 e. The molecule has 0 saturated carbocycles. The molecule has 0 aliphatic rings. The van der Waals surface area contributed by atoms with Crippen LogP contribution in [0.1, 0.15) is 53.9 Å². The summed E-state index contributed by atoms with van der Waals surface area (Å²) in [6, 6.07) is 5.82. The number of carbonyl (C=O) groups excluding carboxylic acids is 1. The van der Waals surface area contributed by atoms with Gasteiger partial charge in [-0.05, 0) is 68.1 Å². The van der Waals surface area contributed by atoms with Gasteiger partial charge in [-0.2, -0.15) is 16.4 Å². The zero-order valence-electron chi connectivity index (χ0n) is 16.1. The Morgan fingerprint density at radius 1 is 1.30 bits per heavy atom. The number of aryl methyl sites for hydroxylation is 3. The molecule has 6 nitrogen and oxygen atoms in total. The SMILES string of the molecule is Cc1nc(C)n([C@H](C)CC(=O)N[C@@H](Cc2ccsc2)c2ncccc2C)n1. The molecule has 1 amide bonds. The van der Waals surface area contributed by atoms with Gasteiger partial charge in [-0.25, -0.2) is 9.67 Å². The van der Waals surface area contributed by atoms with E-state index in [1.165, 1.54) is 5.56 Å². The van der Waals surface area contributed by atoms with Crippen LogP contribution in [0, 0.1) is 20.8 Å². The number of aromatic nitrogens is 4. The highest BCUT2D eigenvalue weighted by atomic mass is 32.1. The van der Waals surface area contributed by atoms with E-state index >= 15 is 0 Å². The first-order valence-electron chi connectivity index (χ1n) is 9.05. The maximum absolute atomic E-state index is 12.8. The second kappa shape index (κ2) is 8.43. The van der Waals surface area contributed by atoms with Gasteiger partial charge in [0.1, 0.15) is 11.6 Å². The normalized spacial score (nSPS) is 13.3. The van der Waals surface area contributed by atoms with Crippen LogP contribution in [-0.4, -0.2) is 25.7 Å². The van der Waals surface area contributed by atoms with Crippen molar-refractivity contribution in [3.8, 4) is 0 Å². The number of nitrogens with one attached hydrogen (secondary N) is 1. The molecule has 3 aromatic rings. The standard InChI is InChI=1S/C20H25N5OS/c1-13-6-5-8-21-20(13)18(11-17-7-9-27-12-17)23-19(26)10-14(2)25-16(4)22-15(3)24-25/h5-9,12,14,18H,10-11H2,1-4H3,(H,23,26)/t14-,18+/m1/s1. The molecule has 0 bridgehead atoms. The summed E-state index contributed by atoms with van der Waals surface area (Å²) in [5.41, 5.74) is 3.19. The first-order chi connectivity index (χ1) is 12.9. The predicted octanol–water partition coefficient (Wildman–Crippen LogP) is 3.71. The molecule has 142 valence electrons.